The van der Waals surface area contributed by atoms with Gasteiger partial charge in [-0.25, -0.2) is 4.98 Å². The highest BCUT2D eigenvalue weighted by Gasteiger charge is 2.15. The number of rotatable bonds is 6. The van der Waals surface area contributed by atoms with Crippen molar-refractivity contribution in [2.75, 3.05) is 24.5 Å². The molecule has 1 saturated heterocycles. The number of carbonyl (C=O) groups excluding carboxylic acids is 1. The lowest BCUT2D eigenvalue weighted by molar-refractivity contribution is 0.0953. The summed E-state index contributed by atoms with van der Waals surface area (Å²) in [5, 5.41) is 3.50. The molecule has 2 heterocycles. The van der Waals surface area contributed by atoms with Gasteiger partial charge >= 0.3 is 0 Å². The van der Waals surface area contributed by atoms with E-state index in [0.717, 1.165) is 37.3 Å². The average molecular weight is 378 g/mol. The number of hydrogen-bond acceptors (Lipinski definition) is 4. The Kier molecular flexibility index (Phi) is 6.32. The van der Waals surface area contributed by atoms with Crippen molar-refractivity contribution in [1.82, 2.24) is 10.3 Å². The Balaban J connectivity index is 1.56. The van der Waals surface area contributed by atoms with Crippen LogP contribution >= 0.6 is 22.9 Å². The number of carbonyl (C=O) groups is 1. The molecule has 0 spiro atoms. The summed E-state index contributed by atoms with van der Waals surface area (Å²) in [7, 11) is 0. The van der Waals surface area contributed by atoms with Crippen molar-refractivity contribution in [3.63, 3.8) is 0 Å². The lowest BCUT2D eigenvalue weighted by Crippen LogP contribution is -2.30. The number of nitrogens with zero attached hydrogens (tertiary/aromatic N) is 2. The summed E-state index contributed by atoms with van der Waals surface area (Å²) in [4.78, 5) is 20.4. The van der Waals surface area contributed by atoms with E-state index in [1.165, 1.54) is 24.1 Å². The van der Waals surface area contributed by atoms with Crippen molar-refractivity contribution < 1.29 is 4.79 Å². The maximum Gasteiger partial charge on any atom is 0.252 e. The number of nitrogens with one attached hydrogen (secondary N) is 1. The Labute approximate surface area is 158 Å². The fourth-order valence-corrected chi connectivity index (χ4v) is 4.18. The van der Waals surface area contributed by atoms with Crippen LogP contribution in [0.5, 0.6) is 0 Å². The maximum atomic E-state index is 12.5. The predicted octanol–water partition coefficient (Wildman–Crippen LogP) is 4.46. The molecule has 2 aromatic rings. The number of piperidine rings is 1. The number of hydrogen-bond donors (Lipinski definition) is 1. The molecule has 0 radical (unpaired) electrons. The van der Waals surface area contributed by atoms with E-state index >= 15 is 0 Å². The molecule has 1 aliphatic heterocycles. The smallest absolute Gasteiger partial charge is 0.252 e. The highest BCUT2D eigenvalue weighted by atomic mass is 35.5. The molecule has 1 amide bonds. The third-order valence-electron chi connectivity index (χ3n) is 4.63. The van der Waals surface area contributed by atoms with E-state index in [-0.39, 0.29) is 5.91 Å². The van der Waals surface area contributed by atoms with E-state index in [1.54, 1.807) is 11.3 Å². The second kappa shape index (κ2) is 8.68. The molecule has 1 aromatic heterocycles. The van der Waals surface area contributed by atoms with Crippen LogP contribution in [0.4, 0.5) is 5.69 Å². The van der Waals surface area contributed by atoms with Crippen LogP contribution in [0.1, 0.15) is 46.6 Å². The number of amides is 1. The van der Waals surface area contributed by atoms with E-state index in [0.29, 0.717) is 17.1 Å². The highest BCUT2D eigenvalue weighted by Crippen LogP contribution is 2.25. The normalized spacial score (nSPS) is 14.6. The van der Waals surface area contributed by atoms with Crippen LogP contribution in [0, 0.1) is 6.92 Å². The zero-order valence-electron chi connectivity index (χ0n) is 14.6. The summed E-state index contributed by atoms with van der Waals surface area (Å²) >= 11 is 7.93. The lowest BCUT2D eigenvalue weighted by Gasteiger charge is -2.29. The van der Waals surface area contributed by atoms with Gasteiger partial charge in [-0.1, -0.05) is 11.6 Å². The minimum atomic E-state index is -0.0927. The first-order valence-electron chi connectivity index (χ1n) is 8.87. The van der Waals surface area contributed by atoms with Crippen molar-refractivity contribution in [3.8, 4) is 0 Å². The Morgan fingerprint density at radius 1 is 1.32 bits per heavy atom. The topological polar surface area (TPSA) is 45.2 Å². The van der Waals surface area contributed by atoms with E-state index in [1.807, 2.05) is 30.6 Å². The van der Waals surface area contributed by atoms with Crippen molar-refractivity contribution in [3.05, 3.63) is 44.9 Å². The van der Waals surface area contributed by atoms with Gasteiger partial charge in [-0.05, 0) is 57.2 Å². The van der Waals surface area contributed by atoms with Crippen molar-refractivity contribution in [2.24, 2.45) is 0 Å². The minimum absolute atomic E-state index is 0.0927. The molecule has 0 saturated carbocycles. The molecule has 4 nitrogen and oxygen atoms in total. The van der Waals surface area contributed by atoms with Gasteiger partial charge in [0.05, 0.1) is 21.8 Å². The summed E-state index contributed by atoms with van der Waals surface area (Å²) in [5.74, 6) is -0.0927. The van der Waals surface area contributed by atoms with Crippen LogP contribution < -0.4 is 10.2 Å². The molecule has 1 aliphatic rings. The van der Waals surface area contributed by atoms with E-state index in [4.69, 9.17) is 11.6 Å². The number of aromatic nitrogens is 1. The van der Waals surface area contributed by atoms with Gasteiger partial charge in [0.2, 0.25) is 0 Å². The summed E-state index contributed by atoms with van der Waals surface area (Å²) in [6.45, 7) is 4.77. The van der Waals surface area contributed by atoms with Crippen LogP contribution in [0.3, 0.4) is 0 Å². The molecule has 6 heteroatoms. The van der Waals surface area contributed by atoms with Gasteiger partial charge in [0, 0.05) is 30.2 Å². The van der Waals surface area contributed by atoms with Crippen LogP contribution in [0.2, 0.25) is 5.02 Å². The minimum Gasteiger partial charge on any atom is -0.372 e. The highest BCUT2D eigenvalue weighted by molar-refractivity contribution is 7.09. The predicted molar refractivity (Wildman–Crippen MR) is 105 cm³/mol. The zero-order chi connectivity index (χ0) is 17.6. The Morgan fingerprint density at radius 2 is 2.12 bits per heavy atom. The van der Waals surface area contributed by atoms with Gasteiger partial charge in [0.25, 0.3) is 5.91 Å². The van der Waals surface area contributed by atoms with Crippen molar-refractivity contribution >= 4 is 34.5 Å². The maximum absolute atomic E-state index is 12.5. The molecule has 1 fully saturated rings. The van der Waals surface area contributed by atoms with Gasteiger partial charge in [-0.2, -0.15) is 0 Å². The largest absolute Gasteiger partial charge is 0.372 e. The van der Waals surface area contributed by atoms with Gasteiger partial charge in [-0.15, -0.1) is 11.3 Å². The first-order chi connectivity index (χ1) is 12.1. The zero-order valence-corrected chi connectivity index (χ0v) is 16.1. The fraction of sp³-hybridized carbons (Fsp3) is 0.474. The number of anilines is 1. The summed E-state index contributed by atoms with van der Waals surface area (Å²) in [6.07, 6.45) is 5.55. The van der Waals surface area contributed by atoms with Gasteiger partial charge < -0.3 is 10.2 Å². The van der Waals surface area contributed by atoms with Crippen LogP contribution in [0.15, 0.2) is 23.7 Å². The quantitative estimate of drug-likeness (QED) is 0.756. The summed E-state index contributed by atoms with van der Waals surface area (Å²) in [5.41, 5.74) is 4.62. The lowest BCUT2D eigenvalue weighted by atomic mass is 10.1. The van der Waals surface area contributed by atoms with Crippen LogP contribution in [-0.4, -0.2) is 30.5 Å². The Bertz CT molecular complexity index is 725. The van der Waals surface area contributed by atoms with Gasteiger partial charge in [0.15, 0.2) is 0 Å². The monoisotopic (exact) mass is 377 g/mol. The standard InChI is InChI=1S/C19H24ClN3OS/c1-14-18(25-13-22-14)6-5-9-21-19(24)16-12-15(7-8-17(16)20)23-10-3-2-4-11-23/h7-8,12-13H,2-6,9-11H2,1H3,(H,21,24). The first kappa shape index (κ1) is 18.2. The first-order valence-corrected chi connectivity index (χ1v) is 10.1. The third kappa shape index (κ3) is 4.73. The molecule has 0 unspecified atom stereocenters. The molecular weight excluding hydrogens is 354 g/mol. The summed E-state index contributed by atoms with van der Waals surface area (Å²) in [6, 6.07) is 5.77. The molecule has 0 atom stereocenters. The molecule has 1 aromatic carbocycles. The van der Waals surface area contributed by atoms with Crippen molar-refractivity contribution in [1.29, 1.82) is 0 Å². The molecule has 0 aliphatic carbocycles. The second-order valence-corrected chi connectivity index (χ2v) is 7.78. The third-order valence-corrected chi connectivity index (χ3v) is 5.95. The Morgan fingerprint density at radius 3 is 2.84 bits per heavy atom. The molecular formula is C19H24ClN3OS. The van der Waals surface area contributed by atoms with E-state index in [9.17, 15) is 4.79 Å². The molecule has 134 valence electrons. The van der Waals surface area contributed by atoms with Crippen LogP contribution in [0.25, 0.3) is 0 Å². The second-order valence-electron chi connectivity index (χ2n) is 6.43. The number of halogens is 1. The SMILES string of the molecule is Cc1ncsc1CCCNC(=O)c1cc(N2CCCCC2)ccc1Cl. The van der Waals surface area contributed by atoms with Crippen LogP contribution in [-0.2, 0) is 6.42 Å². The fourth-order valence-electron chi connectivity index (χ4n) is 3.15. The number of benzene rings is 1. The number of thiazole rings is 1. The van der Waals surface area contributed by atoms with E-state index in [2.05, 4.69) is 15.2 Å². The molecule has 1 N–H and O–H groups in total. The summed E-state index contributed by atoms with van der Waals surface area (Å²) < 4.78 is 0. The van der Waals surface area contributed by atoms with Gasteiger partial charge in [-0.3, -0.25) is 4.79 Å². The molecule has 0 bridgehead atoms. The Hall–Kier alpha value is -1.59. The number of aryl methyl sites for hydroxylation is 2. The van der Waals surface area contributed by atoms with E-state index < -0.39 is 0 Å². The average Bonchev–Trinajstić information content (AvgIpc) is 3.04. The van der Waals surface area contributed by atoms with Crippen molar-refractivity contribution in [2.45, 2.75) is 39.0 Å². The molecule has 3 rings (SSSR count). The molecule has 25 heavy (non-hydrogen) atoms. The van der Waals surface area contributed by atoms with Gasteiger partial charge in [0.1, 0.15) is 0 Å².